The van der Waals surface area contributed by atoms with E-state index in [-0.39, 0.29) is 11.8 Å². The van der Waals surface area contributed by atoms with Crippen LogP contribution in [-0.4, -0.2) is 49.5 Å². The molecule has 0 atom stereocenters. The van der Waals surface area contributed by atoms with Crippen molar-refractivity contribution >= 4 is 34.8 Å². The molecule has 1 saturated heterocycles. The van der Waals surface area contributed by atoms with Gasteiger partial charge < -0.3 is 19.9 Å². The molecule has 0 aromatic heterocycles. The van der Waals surface area contributed by atoms with Crippen molar-refractivity contribution in [2.24, 2.45) is 0 Å². The maximum atomic E-state index is 13.1. The van der Waals surface area contributed by atoms with Crippen LogP contribution in [0.1, 0.15) is 46.0 Å². The first kappa shape index (κ1) is 25.6. The van der Waals surface area contributed by atoms with Gasteiger partial charge in [-0.3, -0.25) is 9.59 Å². The molecule has 0 spiro atoms. The van der Waals surface area contributed by atoms with E-state index in [1.807, 2.05) is 66.4 Å². The Morgan fingerprint density at radius 1 is 0.944 bits per heavy atom. The molecular formula is C29H32ClN3O3. The molecule has 0 bridgehead atoms. The van der Waals surface area contributed by atoms with Gasteiger partial charge in [0.2, 0.25) is 0 Å². The zero-order valence-corrected chi connectivity index (χ0v) is 21.6. The Hall–Kier alpha value is -3.51. The molecule has 6 nitrogen and oxygen atoms in total. The molecule has 0 unspecified atom stereocenters. The number of piperazine rings is 1. The van der Waals surface area contributed by atoms with Crippen LogP contribution in [0.15, 0.2) is 66.7 Å². The van der Waals surface area contributed by atoms with Crippen LogP contribution in [0.3, 0.4) is 0 Å². The first-order valence-corrected chi connectivity index (χ1v) is 12.8. The van der Waals surface area contributed by atoms with E-state index >= 15 is 0 Å². The maximum Gasteiger partial charge on any atom is 0.255 e. The number of benzene rings is 3. The van der Waals surface area contributed by atoms with E-state index in [9.17, 15) is 9.59 Å². The van der Waals surface area contributed by atoms with Crippen LogP contribution in [0.5, 0.6) is 5.75 Å². The average Bonchev–Trinajstić information content (AvgIpc) is 2.89. The predicted octanol–water partition coefficient (Wildman–Crippen LogP) is 6.04. The number of carbonyl (C=O) groups is 2. The van der Waals surface area contributed by atoms with Crippen molar-refractivity contribution in [2.45, 2.75) is 26.7 Å². The molecule has 1 heterocycles. The Bertz CT molecular complexity index is 1200. The van der Waals surface area contributed by atoms with E-state index in [0.717, 1.165) is 24.1 Å². The molecule has 2 amide bonds. The van der Waals surface area contributed by atoms with Gasteiger partial charge >= 0.3 is 0 Å². The van der Waals surface area contributed by atoms with Crippen molar-refractivity contribution in [2.75, 3.05) is 43.0 Å². The molecule has 1 aliphatic heterocycles. The van der Waals surface area contributed by atoms with Crippen LogP contribution >= 0.6 is 11.6 Å². The van der Waals surface area contributed by atoms with Crippen molar-refractivity contribution in [3.8, 4) is 5.75 Å². The smallest absolute Gasteiger partial charge is 0.255 e. The number of nitrogens with zero attached hydrogens (tertiary/aromatic N) is 2. The van der Waals surface area contributed by atoms with Crippen LogP contribution in [0.4, 0.5) is 11.4 Å². The van der Waals surface area contributed by atoms with Gasteiger partial charge in [0.15, 0.2) is 0 Å². The van der Waals surface area contributed by atoms with Crippen LogP contribution in [0.25, 0.3) is 0 Å². The summed E-state index contributed by atoms with van der Waals surface area (Å²) in [6.07, 6.45) is 2.01. The number of hydrogen-bond acceptors (Lipinski definition) is 4. The van der Waals surface area contributed by atoms with Crippen LogP contribution < -0.4 is 15.0 Å². The summed E-state index contributed by atoms with van der Waals surface area (Å²) in [5.74, 6) is 0.479. The molecule has 0 saturated carbocycles. The quantitative estimate of drug-likeness (QED) is 0.379. The number of aryl methyl sites for hydroxylation is 1. The Morgan fingerprint density at radius 2 is 1.67 bits per heavy atom. The summed E-state index contributed by atoms with van der Waals surface area (Å²) < 4.78 is 5.75. The number of para-hydroxylation sites is 1. The number of anilines is 2. The van der Waals surface area contributed by atoms with Crippen molar-refractivity contribution in [3.63, 3.8) is 0 Å². The summed E-state index contributed by atoms with van der Waals surface area (Å²) in [4.78, 5) is 30.0. The molecule has 3 aromatic carbocycles. The van der Waals surface area contributed by atoms with Crippen molar-refractivity contribution in [3.05, 3.63) is 88.4 Å². The SMILES string of the molecule is CCCCOc1cccc(C(=O)Nc2cccc(Cl)c2N2CCN(C(=O)c3ccc(C)cc3)CC2)c1. The number of ether oxygens (including phenoxy) is 1. The fraction of sp³-hybridized carbons (Fsp3) is 0.310. The van der Waals surface area contributed by atoms with Crippen molar-refractivity contribution < 1.29 is 14.3 Å². The summed E-state index contributed by atoms with van der Waals surface area (Å²) in [7, 11) is 0. The van der Waals surface area contributed by atoms with E-state index in [1.54, 1.807) is 12.1 Å². The van der Waals surface area contributed by atoms with Gasteiger partial charge in [0.25, 0.3) is 11.8 Å². The van der Waals surface area contributed by atoms with Gasteiger partial charge in [-0.25, -0.2) is 0 Å². The number of amides is 2. The zero-order valence-electron chi connectivity index (χ0n) is 20.8. The van der Waals surface area contributed by atoms with Gasteiger partial charge in [-0.05, 0) is 55.8 Å². The lowest BCUT2D eigenvalue weighted by molar-refractivity contribution is 0.0746. The summed E-state index contributed by atoms with van der Waals surface area (Å²) in [6.45, 7) is 7.11. The van der Waals surface area contributed by atoms with Gasteiger partial charge in [-0.2, -0.15) is 0 Å². The highest BCUT2D eigenvalue weighted by atomic mass is 35.5. The molecule has 0 radical (unpaired) electrons. The average molecular weight is 506 g/mol. The Morgan fingerprint density at radius 3 is 2.39 bits per heavy atom. The van der Waals surface area contributed by atoms with Crippen molar-refractivity contribution in [1.29, 1.82) is 0 Å². The lowest BCUT2D eigenvalue weighted by atomic mass is 10.1. The molecule has 3 aromatic rings. The largest absolute Gasteiger partial charge is 0.494 e. The molecule has 36 heavy (non-hydrogen) atoms. The summed E-state index contributed by atoms with van der Waals surface area (Å²) in [5, 5.41) is 3.58. The second-order valence-corrected chi connectivity index (χ2v) is 9.37. The topological polar surface area (TPSA) is 61.9 Å². The lowest BCUT2D eigenvalue weighted by Crippen LogP contribution is -2.49. The molecule has 1 aliphatic rings. The van der Waals surface area contributed by atoms with E-state index < -0.39 is 0 Å². The molecule has 1 N–H and O–H groups in total. The van der Waals surface area contributed by atoms with Gasteiger partial charge in [0.05, 0.1) is 23.0 Å². The van der Waals surface area contributed by atoms with Crippen molar-refractivity contribution in [1.82, 2.24) is 4.90 Å². The fourth-order valence-corrected chi connectivity index (χ4v) is 4.50. The number of hydrogen-bond donors (Lipinski definition) is 1. The Kier molecular flexibility index (Phi) is 8.49. The minimum atomic E-state index is -0.229. The normalized spacial score (nSPS) is 13.4. The molecule has 7 heteroatoms. The highest BCUT2D eigenvalue weighted by Crippen LogP contribution is 2.35. The number of unbranched alkanes of at least 4 members (excludes halogenated alkanes) is 1. The molecule has 0 aliphatic carbocycles. The number of carbonyl (C=O) groups excluding carboxylic acids is 2. The number of halogens is 1. The Labute approximate surface area is 217 Å². The van der Waals surface area contributed by atoms with E-state index in [4.69, 9.17) is 16.3 Å². The second-order valence-electron chi connectivity index (χ2n) is 8.97. The standard InChI is InChI=1S/C29H32ClN3O3/c1-3-4-19-36-24-8-5-7-23(20-24)28(34)31-26-10-6-9-25(30)27(26)32-15-17-33(18-16-32)29(35)22-13-11-21(2)12-14-22/h5-14,20H,3-4,15-19H2,1-2H3,(H,31,34). The third kappa shape index (κ3) is 6.18. The summed E-state index contributed by atoms with van der Waals surface area (Å²) >= 11 is 6.60. The first-order valence-electron chi connectivity index (χ1n) is 12.4. The van der Waals surface area contributed by atoms with E-state index in [1.165, 1.54) is 0 Å². The minimum Gasteiger partial charge on any atom is -0.494 e. The van der Waals surface area contributed by atoms with Gasteiger partial charge in [0.1, 0.15) is 5.75 Å². The third-order valence-electron chi connectivity index (χ3n) is 6.28. The van der Waals surface area contributed by atoms with Gasteiger partial charge in [0, 0.05) is 37.3 Å². The van der Waals surface area contributed by atoms with E-state index in [0.29, 0.717) is 60.4 Å². The highest BCUT2D eigenvalue weighted by Gasteiger charge is 2.25. The Balaban J connectivity index is 1.44. The molecule has 1 fully saturated rings. The van der Waals surface area contributed by atoms with Crippen LogP contribution in [0.2, 0.25) is 5.02 Å². The van der Waals surface area contributed by atoms with Gasteiger partial charge in [-0.1, -0.05) is 54.8 Å². The third-order valence-corrected chi connectivity index (χ3v) is 6.58. The van der Waals surface area contributed by atoms with Crippen LogP contribution in [0, 0.1) is 6.92 Å². The van der Waals surface area contributed by atoms with Crippen LogP contribution in [-0.2, 0) is 0 Å². The minimum absolute atomic E-state index is 0.0309. The summed E-state index contributed by atoms with van der Waals surface area (Å²) in [5.41, 5.74) is 3.75. The first-order chi connectivity index (χ1) is 17.5. The van der Waals surface area contributed by atoms with E-state index in [2.05, 4.69) is 17.1 Å². The molecular weight excluding hydrogens is 474 g/mol. The monoisotopic (exact) mass is 505 g/mol. The number of rotatable bonds is 8. The highest BCUT2D eigenvalue weighted by molar-refractivity contribution is 6.34. The molecule has 4 rings (SSSR count). The van der Waals surface area contributed by atoms with Gasteiger partial charge in [-0.15, -0.1) is 0 Å². The zero-order chi connectivity index (χ0) is 25.5. The predicted molar refractivity (Wildman–Crippen MR) is 146 cm³/mol. The number of nitrogens with one attached hydrogen (secondary N) is 1. The lowest BCUT2D eigenvalue weighted by Gasteiger charge is -2.37. The molecule has 188 valence electrons. The summed E-state index contributed by atoms with van der Waals surface area (Å²) in [6, 6.07) is 20.3. The second kappa shape index (κ2) is 12.0. The fourth-order valence-electron chi connectivity index (χ4n) is 4.21. The maximum absolute atomic E-state index is 13.1.